The molecule has 1 N–H and O–H groups in total. The summed E-state index contributed by atoms with van der Waals surface area (Å²) in [5.74, 6) is 0. The summed E-state index contributed by atoms with van der Waals surface area (Å²) in [6.07, 6.45) is 0. The Morgan fingerprint density at radius 2 is 1.33 bits per heavy atom. The van der Waals surface area contributed by atoms with Crippen molar-refractivity contribution < 1.29 is 10.3 Å². The summed E-state index contributed by atoms with van der Waals surface area (Å²) in [7, 11) is 0. The summed E-state index contributed by atoms with van der Waals surface area (Å²) in [6.45, 7) is 8.75. The van der Waals surface area contributed by atoms with Crippen molar-refractivity contribution in [2.45, 2.75) is 27.7 Å². The van der Waals surface area contributed by atoms with E-state index in [4.69, 9.17) is 15.3 Å². The van der Waals surface area contributed by atoms with Gasteiger partial charge in [-0.05, 0) is 5.41 Å². The highest BCUT2D eigenvalue weighted by molar-refractivity contribution is 4.47. The molecule has 9 heavy (non-hydrogen) atoms. The maximum absolute atomic E-state index is 8.36. The van der Waals surface area contributed by atoms with Crippen molar-refractivity contribution in [2.75, 3.05) is 0 Å². The van der Waals surface area contributed by atoms with E-state index in [9.17, 15) is 0 Å². The molecule has 0 saturated heterocycles. The molecule has 0 unspecified atom stereocenters. The Morgan fingerprint density at radius 1 is 1.33 bits per heavy atom. The lowest BCUT2D eigenvalue weighted by atomic mass is 10.0. The van der Waals surface area contributed by atoms with E-state index in [-0.39, 0.29) is 0 Å². The molecule has 0 spiro atoms. The maximum Gasteiger partial charge on any atom is 0.291 e. The van der Waals surface area contributed by atoms with Crippen LogP contribution in [0.1, 0.15) is 27.7 Å². The van der Waals surface area contributed by atoms with Crippen molar-refractivity contribution in [2.24, 2.45) is 5.41 Å². The van der Waals surface area contributed by atoms with Gasteiger partial charge in [0.05, 0.1) is 0 Å². The lowest BCUT2D eigenvalue weighted by Crippen LogP contribution is -1.93. The second-order valence-corrected chi connectivity index (χ2v) is 3.24. The molecule has 0 aromatic carbocycles. The van der Waals surface area contributed by atoms with Crippen molar-refractivity contribution in [3.8, 4) is 0 Å². The third kappa shape index (κ3) is 304. The van der Waals surface area contributed by atoms with Crippen LogP contribution in [0.2, 0.25) is 0 Å². The van der Waals surface area contributed by atoms with Gasteiger partial charge in [-0.1, -0.05) is 27.7 Å². The van der Waals surface area contributed by atoms with Crippen LogP contribution >= 0.6 is 0 Å². The van der Waals surface area contributed by atoms with Crippen LogP contribution in [0.15, 0.2) is 0 Å². The highest BCUT2D eigenvalue weighted by Gasteiger charge is 1.95. The van der Waals surface area contributed by atoms with Crippen LogP contribution in [-0.2, 0) is 0 Å². The van der Waals surface area contributed by atoms with E-state index < -0.39 is 5.09 Å². The zero-order valence-electron chi connectivity index (χ0n) is 6.21. The molecule has 0 amide bonds. The minimum absolute atomic E-state index is 0.500. The zero-order valence-corrected chi connectivity index (χ0v) is 6.21. The predicted octanol–water partition coefficient (Wildman–Crippen LogP) is 1.70. The average Bonchev–Trinajstić information content (AvgIpc) is 1.19. The van der Waals surface area contributed by atoms with E-state index in [1.807, 2.05) is 0 Å². The van der Waals surface area contributed by atoms with Crippen LogP contribution < -0.4 is 0 Å². The number of hydrogen-bond donors (Lipinski definition) is 1. The Morgan fingerprint density at radius 3 is 1.33 bits per heavy atom. The van der Waals surface area contributed by atoms with Crippen molar-refractivity contribution in [3.05, 3.63) is 10.1 Å². The van der Waals surface area contributed by atoms with Gasteiger partial charge in [0.2, 0.25) is 0 Å². The largest absolute Gasteiger partial charge is 0.328 e. The van der Waals surface area contributed by atoms with Crippen molar-refractivity contribution >= 4 is 0 Å². The van der Waals surface area contributed by atoms with E-state index in [2.05, 4.69) is 27.7 Å². The summed E-state index contributed by atoms with van der Waals surface area (Å²) in [5, 5.41) is 13.6. The third-order valence-corrected chi connectivity index (χ3v) is 0. The van der Waals surface area contributed by atoms with Crippen LogP contribution in [0, 0.1) is 15.5 Å². The highest BCUT2D eigenvalue weighted by Crippen LogP contribution is 2.07. The molecule has 0 rings (SSSR count). The number of nitrogens with zero attached hydrogens (tertiary/aromatic N) is 1. The molecule has 0 saturated carbocycles. The van der Waals surface area contributed by atoms with Gasteiger partial charge >= 0.3 is 0 Å². The molecular weight excluding hydrogens is 122 g/mol. The van der Waals surface area contributed by atoms with Crippen molar-refractivity contribution in [3.63, 3.8) is 0 Å². The Balaban J connectivity index is 0. The predicted molar refractivity (Wildman–Crippen MR) is 33.9 cm³/mol. The number of rotatable bonds is 0. The average molecular weight is 135 g/mol. The van der Waals surface area contributed by atoms with E-state index in [1.54, 1.807) is 0 Å². The quantitative estimate of drug-likeness (QED) is 0.406. The topological polar surface area (TPSA) is 63.4 Å². The lowest BCUT2D eigenvalue weighted by Gasteiger charge is -2.05. The molecule has 0 atom stereocenters. The van der Waals surface area contributed by atoms with Gasteiger partial charge < -0.3 is 5.21 Å². The monoisotopic (exact) mass is 135 g/mol. The van der Waals surface area contributed by atoms with Crippen LogP contribution in [0.4, 0.5) is 0 Å². The van der Waals surface area contributed by atoms with Crippen molar-refractivity contribution in [1.82, 2.24) is 0 Å². The highest BCUT2D eigenvalue weighted by atomic mass is 16.9. The molecule has 56 valence electrons. The van der Waals surface area contributed by atoms with Crippen molar-refractivity contribution in [1.29, 1.82) is 0 Å². The van der Waals surface area contributed by atoms with Gasteiger partial charge in [0, 0.05) is 0 Å². The molecule has 0 bridgehead atoms. The summed E-state index contributed by atoms with van der Waals surface area (Å²) >= 11 is 0. The van der Waals surface area contributed by atoms with Crippen LogP contribution in [0.25, 0.3) is 0 Å². The first-order chi connectivity index (χ1) is 3.73. The standard InChI is InChI=1S/C5H12.HNO3/c1-5(2,3)4;2-1(3)4/h1-4H3;(H,2,3,4). The Bertz CT molecular complexity index is 74.7. The number of hydrogen-bond acceptors (Lipinski definition) is 2. The molecule has 0 fully saturated rings. The second-order valence-electron chi connectivity index (χ2n) is 3.24. The summed E-state index contributed by atoms with van der Waals surface area (Å²) in [5.41, 5.74) is 0.500. The normalized spacial score (nSPS) is 9.33. The fraction of sp³-hybridized carbons (Fsp3) is 1.00. The Kier molecular flexibility index (Phi) is 5.06. The first-order valence-corrected chi connectivity index (χ1v) is 2.57. The molecule has 0 aliphatic carbocycles. The first kappa shape index (κ1) is 11.1. The zero-order chi connectivity index (χ0) is 8.08. The first-order valence-electron chi connectivity index (χ1n) is 2.57. The van der Waals surface area contributed by atoms with E-state index in [0.717, 1.165) is 0 Å². The van der Waals surface area contributed by atoms with E-state index in [1.165, 1.54) is 0 Å². The molecule has 4 nitrogen and oxygen atoms in total. The molecule has 0 aromatic rings. The van der Waals surface area contributed by atoms with E-state index >= 15 is 0 Å². The molecular formula is C5H13NO3. The summed E-state index contributed by atoms with van der Waals surface area (Å²) < 4.78 is 0. The van der Waals surface area contributed by atoms with Crippen LogP contribution in [-0.4, -0.2) is 10.3 Å². The summed E-state index contributed by atoms with van der Waals surface area (Å²) in [4.78, 5) is 8.36. The molecule has 0 aliphatic heterocycles. The SMILES string of the molecule is CC(C)(C)C.O=[N+]([O-])O. The smallest absolute Gasteiger partial charge is 0.291 e. The fourth-order valence-electron chi connectivity index (χ4n) is 0. The van der Waals surface area contributed by atoms with Gasteiger partial charge in [0.1, 0.15) is 0 Å². The molecule has 4 heteroatoms. The second kappa shape index (κ2) is 4.12. The third-order valence-electron chi connectivity index (χ3n) is 0. The van der Waals surface area contributed by atoms with Crippen LogP contribution in [0.3, 0.4) is 0 Å². The van der Waals surface area contributed by atoms with Gasteiger partial charge in [0.15, 0.2) is 0 Å². The van der Waals surface area contributed by atoms with Gasteiger partial charge in [-0.15, -0.1) is 10.1 Å². The lowest BCUT2D eigenvalue weighted by molar-refractivity contribution is -0.742. The minimum Gasteiger partial charge on any atom is -0.328 e. The van der Waals surface area contributed by atoms with Gasteiger partial charge in [-0.3, -0.25) is 0 Å². The molecule has 0 aliphatic rings. The molecule has 0 radical (unpaired) electrons. The van der Waals surface area contributed by atoms with E-state index in [0.29, 0.717) is 5.41 Å². The maximum atomic E-state index is 8.36. The van der Waals surface area contributed by atoms with Gasteiger partial charge in [-0.2, -0.15) is 0 Å². The minimum atomic E-state index is -1.50. The summed E-state index contributed by atoms with van der Waals surface area (Å²) in [6, 6.07) is 0. The van der Waals surface area contributed by atoms with Gasteiger partial charge in [-0.25, -0.2) is 0 Å². The van der Waals surface area contributed by atoms with Crippen LogP contribution in [0.5, 0.6) is 0 Å². The fourth-order valence-corrected chi connectivity index (χ4v) is 0. The molecule has 0 aromatic heterocycles. The Labute approximate surface area is 54.6 Å². The molecule has 0 heterocycles. The Hall–Kier alpha value is -0.800. The van der Waals surface area contributed by atoms with Gasteiger partial charge in [0.25, 0.3) is 5.09 Å².